The Balaban J connectivity index is 5.25. The number of rotatable bonds is 67. The lowest BCUT2D eigenvalue weighted by Crippen LogP contribution is -2.30. The van der Waals surface area contributed by atoms with E-state index in [9.17, 15) is 43.2 Å². The summed E-state index contributed by atoms with van der Waals surface area (Å²) in [5.74, 6) is 0.829. The zero-order chi connectivity index (χ0) is 66.1. The summed E-state index contributed by atoms with van der Waals surface area (Å²) in [5.41, 5.74) is 0. The largest absolute Gasteiger partial charge is 0.472 e. The van der Waals surface area contributed by atoms with Gasteiger partial charge in [-0.25, -0.2) is 9.13 Å². The van der Waals surface area contributed by atoms with E-state index in [2.05, 4.69) is 55.4 Å². The molecule has 0 aliphatic carbocycles. The minimum absolute atomic E-state index is 0.104. The minimum atomic E-state index is -4.95. The van der Waals surface area contributed by atoms with Gasteiger partial charge in [-0.2, -0.15) is 0 Å². The van der Waals surface area contributed by atoms with Crippen LogP contribution in [0.1, 0.15) is 344 Å². The molecule has 0 aromatic heterocycles. The van der Waals surface area contributed by atoms with Crippen LogP contribution >= 0.6 is 15.6 Å². The molecule has 0 saturated heterocycles. The zero-order valence-electron chi connectivity index (χ0n) is 58.1. The highest BCUT2D eigenvalue weighted by molar-refractivity contribution is 7.47. The molecule has 0 aromatic carbocycles. The molecule has 0 radical (unpaired) electrons. The van der Waals surface area contributed by atoms with Gasteiger partial charge in [0, 0.05) is 25.7 Å². The number of ether oxygens (including phenoxy) is 4. The Morgan fingerprint density at radius 1 is 0.281 bits per heavy atom. The molecule has 3 N–H and O–H groups in total. The summed E-state index contributed by atoms with van der Waals surface area (Å²) in [5, 5.41) is 10.6. The molecule has 89 heavy (non-hydrogen) atoms. The van der Waals surface area contributed by atoms with Gasteiger partial charge < -0.3 is 33.8 Å². The first-order chi connectivity index (χ1) is 42.6. The molecule has 528 valence electrons. The number of carbonyl (C=O) groups excluding carboxylic acids is 4. The highest BCUT2D eigenvalue weighted by atomic mass is 31.2. The average Bonchev–Trinajstić information content (AvgIpc) is 3.67. The van der Waals surface area contributed by atoms with Gasteiger partial charge in [0.2, 0.25) is 0 Å². The van der Waals surface area contributed by atoms with Gasteiger partial charge in [-0.1, -0.05) is 293 Å². The SMILES string of the molecule is CC(C)CCCCCCCCCCCCCCC(=O)OC[C@H](COP(=O)(O)OCC(O)COP(=O)(O)OC[C@@H](COC(=O)CCCCCCCCCC(C)C)OC(=O)CCCCCCCCCCCC(C)C)OC(=O)CCCCCCCCCCCC(C)C. The number of hydrogen-bond donors (Lipinski definition) is 3. The van der Waals surface area contributed by atoms with E-state index in [4.69, 9.17) is 37.0 Å². The highest BCUT2D eigenvalue weighted by Crippen LogP contribution is 2.45. The highest BCUT2D eigenvalue weighted by Gasteiger charge is 2.30. The fourth-order valence-corrected chi connectivity index (χ4v) is 12.1. The first-order valence-corrected chi connectivity index (χ1v) is 39.2. The van der Waals surface area contributed by atoms with Crippen LogP contribution in [0.5, 0.6) is 0 Å². The van der Waals surface area contributed by atoms with E-state index in [1.165, 1.54) is 141 Å². The number of hydrogen-bond acceptors (Lipinski definition) is 15. The van der Waals surface area contributed by atoms with Crippen molar-refractivity contribution < 1.29 is 80.2 Å². The van der Waals surface area contributed by atoms with Crippen LogP contribution < -0.4 is 0 Å². The lowest BCUT2D eigenvalue weighted by Gasteiger charge is -2.21. The molecule has 0 fully saturated rings. The van der Waals surface area contributed by atoms with Crippen molar-refractivity contribution in [2.24, 2.45) is 23.7 Å². The maximum Gasteiger partial charge on any atom is 0.472 e. The fraction of sp³-hybridized carbons (Fsp3) is 0.943. The Labute approximate surface area is 543 Å². The molecule has 0 rings (SSSR count). The maximum absolute atomic E-state index is 13.0. The monoisotopic (exact) mass is 1310 g/mol. The summed E-state index contributed by atoms with van der Waals surface area (Å²) in [7, 11) is -9.90. The van der Waals surface area contributed by atoms with Crippen molar-refractivity contribution in [1.82, 2.24) is 0 Å². The van der Waals surface area contributed by atoms with Gasteiger partial charge in [0.15, 0.2) is 12.2 Å². The second-order valence-corrected chi connectivity index (χ2v) is 30.1. The van der Waals surface area contributed by atoms with Crippen molar-refractivity contribution in [3.63, 3.8) is 0 Å². The molecular weight excluding hydrogens is 1170 g/mol. The summed E-state index contributed by atoms with van der Waals surface area (Å²) in [6.07, 6.45) is 41.8. The maximum atomic E-state index is 13.0. The first-order valence-electron chi connectivity index (χ1n) is 36.2. The summed E-state index contributed by atoms with van der Waals surface area (Å²) in [6, 6.07) is 0. The zero-order valence-corrected chi connectivity index (χ0v) is 59.8. The molecule has 0 amide bonds. The number of phosphoric ester groups is 2. The molecule has 17 nitrogen and oxygen atoms in total. The molecule has 0 bridgehead atoms. The second kappa shape index (κ2) is 59.8. The van der Waals surface area contributed by atoms with Crippen molar-refractivity contribution in [2.75, 3.05) is 39.6 Å². The molecule has 0 aromatic rings. The van der Waals surface area contributed by atoms with E-state index >= 15 is 0 Å². The first kappa shape index (κ1) is 87.1. The van der Waals surface area contributed by atoms with Gasteiger partial charge in [-0.15, -0.1) is 0 Å². The molecule has 0 aliphatic heterocycles. The average molecular weight is 1310 g/mol. The van der Waals surface area contributed by atoms with Crippen LogP contribution in [0.3, 0.4) is 0 Å². The number of aliphatic hydroxyl groups is 1. The molecular formula is C70H136O17P2. The Hall–Kier alpha value is -1.94. The van der Waals surface area contributed by atoms with E-state index < -0.39 is 97.5 Å². The minimum Gasteiger partial charge on any atom is -0.462 e. The second-order valence-electron chi connectivity index (χ2n) is 27.2. The molecule has 19 heteroatoms. The van der Waals surface area contributed by atoms with Gasteiger partial charge in [-0.3, -0.25) is 37.3 Å². The topological polar surface area (TPSA) is 237 Å². The number of unbranched alkanes of at least 4 members (excludes halogenated alkanes) is 33. The molecule has 5 atom stereocenters. The van der Waals surface area contributed by atoms with Crippen molar-refractivity contribution in [3.8, 4) is 0 Å². The number of phosphoric acid groups is 2. The van der Waals surface area contributed by atoms with Gasteiger partial charge in [0.1, 0.15) is 19.3 Å². The van der Waals surface area contributed by atoms with E-state index in [1.807, 2.05) is 0 Å². The number of aliphatic hydroxyl groups excluding tert-OH is 1. The van der Waals surface area contributed by atoms with E-state index in [0.29, 0.717) is 31.6 Å². The van der Waals surface area contributed by atoms with Gasteiger partial charge in [0.25, 0.3) is 0 Å². The quantitative estimate of drug-likeness (QED) is 0.0222. The van der Waals surface area contributed by atoms with Gasteiger partial charge in [0.05, 0.1) is 26.4 Å². The fourth-order valence-electron chi connectivity index (χ4n) is 10.5. The van der Waals surface area contributed by atoms with Crippen molar-refractivity contribution in [2.45, 2.75) is 363 Å². The van der Waals surface area contributed by atoms with Crippen molar-refractivity contribution in [1.29, 1.82) is 0 Å². The summed E-state index contributed by atoms with van der Waals surface area (Å²) < 4.78 is 68.3. The Morgan fingerprint density at radius 2 is 0.472 bits per heavy atom. The van der Waals surface area contributed by atoms with E-state index in [0.717, 1.165) is 114 Å². The number of carbonyl (C=O) groups is 4. The van der Waals surface area contributed by atoms with E-state index in [1.54, 1.807) is 0 Å². The van der Waals surface area contributed by atoms with E-state index in [-0.39, 0.29) is 25.7 Å². The van der Waals surface area contributed by atoms with Crippen molar-refractivity contribution in [3.05, 3.63) is 0 Å². The molecule has 0 aliphatic rings. The predicted octanol–water partition coefficient (Wildman–Crippen LogP) is 19.7. The number of esters is 4. The van der Waals surface area contributed by atoms with Gasteiger partial charge >= 0.3 is 39.5 Å². The molecule has 0 spiro atoms. The summed E-state index contributed by atoms with van der Waals surface area (Å²) in [6.45, 7) is 14.1. The van der Waals surface area contributed by atoms with Crippen LogP contribution in [0.15, 0.2) is 0 Å². The summed E-state index contributed by atoms with van der Waals surface area (Å²) >= 11 is 0. The third kappa shape index (κ3) is 64.6. The summed E-state index contributed by atoms with van der Waals surface area (Å²) in [4.78, 5) is 72.5. The van der Waals surface area contributed by atoms with Crippen molar-refractivity contribution >= 4 is 39.5 Å². The molecule has 0 saturated carbocycles. The Bertz CT molecular complexity index is 1760. The molecule has 3 unspecified atom stereocenters. The van der Waals surface area contributed by atoms with Crippen LogP contribution in [0.2, 0.25) is 0 Å². The van der Waals surface area contributed by atoms with Crippen LogP contribution in [0, 0.1) is 23.7 Å². The van der Waals surface area contributed by atoms with Crippen LogP contribution in [0.25, 0.3) is 0 Å². The van der Waals surface area contributed by atoms with Crippen LogP contribution in [-0.2, 0) is 65.4 Å². The lowest BCUT2D eigenvalue weighted by molar-refractivity contribution is -0.161. The predicted molar refractivity (Wildman–Crippen MR) is 358 cm³/mol. The molecule has 0 heterocycles. The standard InChI is InChI=1S/C70H136O17P2/c1-60(2)46-38-30-22-15-11-9-10-12-18-26-34-42-50-67(72)80-56-65(86-69(74)52-44-36-27-19-13-16-23-31-39-47-61(3)4)58-84-88(76,77)82-54-64(71)55-83-89(78,79)85-59-66(57-81-68(73)51-43-35-29-21-25-33-41-49-63(7)8)87-70(75)53-45-37-28-20-14-17-24-32-40-48-62(5)6/h60-66,71H,9-59H2,1-8H3,(H,76,77)(H,78,79)/t64?,65-,66-/m1/s1. The third-order valence-corrected chi connectivity index (χ3v) is 18.0. The normalized spacial score (nSPS) is 14.3. The van der Waals surface area contributed by atoms with Crippen LogP contribution in [-0.4, -0.2) is 96.7 Å². The smallest absolute Gasteiger partial charge is 0.462 e. The Morgan fingerprint density at radius 3 is 0.697 bits per heavy atom. The van der Waals surface area contributed by atoms with Crippen LogP contribution in [0.4, 0.5) is 0 Å². The van der Waals surface area contributed by atoms with Gasteiger partial charge in [-0.05, 0) is 49.4 Å². The third-order valence-electron chi connectivity index (χ3n) is 16.1. The lowest BCUT2D eigenvalue weighted by atomic mass is 10.0. The Kier molecular flexibility index (Phi) is 58.5.